The third-order valence-electron chi connectivity index (χ3n) is 2.74. The molecule has 1 atom stereocenters. The Hall–Kier alpha value is -1.85. The van der Waals surface area contributed by atoms with Gasteiger partial charge in [-0.3, -0.25) is 9.48 Å². The standard InChI is InChI=1S/C13H21N3O3/c1-5-16-11(7-9(4)15-16)12(17)14-10(13(18)19)6-8(2)3/h7-8,10H,5-6H2,1-4H3,(H,14,17)(H,18,19)/t10-/m1/s1. The fourth-order valence-corrected chi connectivity index (χ4v) is 1.89. The van der Waals surface area contributed by atoms with Crippen LogP contribution in [0.5, 0.6) is 0 Å². The fourth-order valence-electron chi connectivity index (χ4n) is 1.89. The number of carbonyl (C=O) groups excluding carboxylic acids is 1. The lowest BCUT2D eigenvalue weighted by molar-refractivity contribution is -0.139. The van der Waals surface area contributed by atoms with Gasteiger partial charge in [-0.15, -0.1) is 0 Å². The van der Waals surface area contributed by atoms with Crippen LogP contribution in [0.2, 0.25) is 0 Å². The zero-order valence-electron chi connectivity index (χ0n) is 11.8. The molecule has 0 aliphatic heterocycles. The second kappa shape index (κ2) is 6.36. The van der Waals surface area contributed by atoms with Gasteiger partial charge in [0.15, 0.2) is 0 Å². The molecule has 0 spiro atoms. The maximum absolute atomic E-state index is 12.1. The van der Waals surface area contributed by atoms with Gasteiger partial charge in [0, 0.05) is 6.54 Å². The van der Waals surface area contributed by atoms with E-state index in [4.69, 9.17) is 5.11 Å². The van der Waals surface area contributed by atoms with Crippen LogP contribution in [0.25, 0.3) is 0 Å². The van der Waals surface area contributed by atoms with E-state index < -0.39 is 17.9 Å². The number of hydrogen-bond donors (Lipinski definition) is 2. The van der Waals surface area contributed by atoms with Gasteiger partial charge in [0.2, 0.25) is 0 Å². The number of aryl methyl sites for hydroxylation is 2. The average molecular weight is 267 g/mol. The number of rotatable bonds is 6. The second-order valence-electron chi connectivity index (χ2n) is 4.98. The highest BCUT2D eigenvalue weighted by atomic mass is 16.4. The Labute approximate surface area is 112 Å². The van der Waals surface area contributed by atoms with Crippen LogP contribution in [0, 0.1) is 12.8 Å². The molecule has 0 bridgehead atoms. The largest absolute Gasteiger partial charge is 0.480 e. The van der Waals surface area contributed by atoms with Crippen molar-refractivity contribution in [2.45, 2.75) is 46.7 Å². The Kier molecular flexibility index (Phi) is 5.09. The lowest BCUT2D eigenvalue weighted by Crippen LogP contribution is -2.42. The summed E-state index contributed by atoms with van der Waals surface area (Å²) < 4.78 is 1.57. The van der Waals surface area contributed by atoms with E-state index in [0.717, 1.165) is 5.69 Å². The predicted octanol–water partition coefficient (Wildman–Crippen LogP) is 1.44. The molecule has 2 N–H and O–H groups in total. The number of hydrogen-bond acceptors (Lipinski definition) is 3. The van der Waals surface area contributed by atoms with Crippen LogP contribution in [-0.4, -0.2) is 32.8 Å². The molecule has 0 aliphatic rings. The molecule has 19 heavy (non-hydrogen) atoms. The van der Waals surface area contributed by atoms with Crippen molar-refractivity contribution < 1.29 is 14.7 Å². The van der Waals surface area contributed by atoms with Crippen molar-refractivity contribution in [2.24, 2.45) is 5.92 Å². The number of aliphatic carboxylic acids is 1. The molecule has 1 aromatic heterocycles. The minimum atomic E-state index is -1.01. The second-order valence-corrected chi connectivity index (χ2v) is 4.98. The zero-order valence-corrected chi connectivity index (χ0v) is 11.8. The molecule has 0 radical (unpaired) electrons. The molecule has 6 nitrogen and oxygen atoms in total. The highest BCUT2D eigenvalue weighted by molar-refractivity contribution is 5.95. The molecule has 0 aliphatic carbocycles. The number of carboxylic acid groups (broad SMARTS) is 1. The Bertz CT molecular complexity index is 466. The van der Waals surface area contributed by atoms with E-state index in [1.807, 2.05) is 20.8 Å². The summed E-state index contributed by atoms with van der Waals surface area (Å²) in [6, 6.07) is 0.792. The molecule has 1 amide bonds. The smallest absolute Gasteiger partial charge is 0.326 e. The van der Waals surface area contributed by atoms with Crippen LogP contribution in [0.3, 0.4) is 0 Å². The van der Waals surface area contributed by atoms with Crippen molar-refractivity contribution in [3.63, 3.8) is 0 Å². The summed E-state index contributed by atoms with van der Waals surface area (Å²) >= 11 is 0. The molecule has 0 saturated heterocycles. The van der Waals surface area contributed by atoms with Crippen LogP contribution in [0.4, 0.5) is 0 Å². The number of carboxylic acids is 1. The molecule has 0 saturated carbocycles. The van der Waals surface area contributed by atoms with Gasteiger partial charge in [-0.05, 0) is 32.3 Å². The molecular formula is C13H21N3O3. The summed E-state index contributed by atoms with van der Waals surface area (Å²) in [6.45, 7) is 8.08. The quantitative estimate of drug-likeness (QED) is 0.816. The Morgan fingerprint density at radius 3 is 2.58 bits per heavy atom. The van der Waals surface area contributed by atoms with Gasteiger partial charge >= 0.3 is 5.97 Å². The third kappa shape index (κ3) is 4.08. The summed E-state index contributed by atoms with van der Waals surface area (Å²) in [5.41, 5.74) is 1.14. The number of aromatic nitrogens is 2. The first kappa shape index (κ1) is 15.2. The van der Waals surface area contributed by atoms with E-state index >= 15 is 0 Å². The van der Waals surface area contributed by atoms with Crippen molar-refractivity contribution in [2.75, 3.05) is 0 Å². The van der Waals surface area contributed by atoms with E-state index in [0.29, 0.717) is 18.7 Å². The predicted molar refractivity (Wildman–Crippen MR) is 71.0 cm³/mol. The summed E-state index contributed by atoms with van der Waals surface area (Å²) in [6.07, 6.45) is 0.403. The number of amides is 1. The fraction of sp³-hybridized carbons (Fsp3) is 0.615. The van der Waals surface area contributed by atoms with Crippen LogP contribution in [-0.2, 0) is 11.3 Å². The van der Waals surface area contributed by atoms with Crippen molar-refractivity contribution in [3.05, 3.63) is 17.5 Å². The van der Waals surface area contributed by atoms with Crippen molar-refractivity contribution in [1.29, 1.82) is 0 Å². The number of carbonyl (C=O) groups is 2. The lowest BCUT2D eigenvalue weighted by Gasteiger charge is -2.16. The molecule has 0 unspecified atom stereocenters. The van der Waals surface area contributed by atoms with Gasteiger partial charge < -0.3 is 10.4 Å². The van der Waals surface area contributed by atoms with Crippen molar-refractivity contribution in [3.8, 4) is 0 Å². The summed E-state index contributed by atoms with van der Waals surface area (Å²) in [7, 11) is 0. The Balaban J connectivity index is 2.84. The Morgan fingerprint density at radius 2 is 2.11 bits per heavy atom. The molecule has 6 heteroatoms. The van der Waals surface area contributed by atoms with E-state index in [2.05, 4.69) is 10.4 Å². The molecule has 1 rings (SSSR count). The monoisotopic (exact) mass is 267 g/mol. The maximum atomic E-state index is 12.1. The minimum absolute atomic E-state index is 0.194. The zero-order chi connectivity index (χ0) is 14.6. The van der Waals surface area contributed by atoms with Crippen LogP contribution < -0.4 is 5.32 Å². The van der Waals surface area contributed by atoms with E-state index in [-0.39, 0.29) is 5.92 Å². The van der Waals surface area contributed by atoms with Gasteiger partial charge in [-0.25, -0.2) is 4.79 Å². The summed E-state index contributed by atoms with van der Waals surface area (Å²) in [4.78, 5) is 23.2. The highest BCUT2D eigenvalue weighted by Crippen LogP contribution is 2.08. The first-order valence-electron chi connectivity index (χ1n) is 6.43. The summed E-state index contributed by atoms with van der Waals surface area (Å²) in [5, 5.41) is 15.8. The molecule has 0 fully saturated rings. The molecular weight excluding hydrogens is 246 g/mol. The number of nitrogens with zero attached hydrogens (tertiary/aromatic N) is 2. The van der Waals surface area contributed by atoms with E-state index in [1.165, 1.54) is 0 Å². The van der Waals surface area contributed by atoms with Crippen LogP contribution in [0.1, 0.15) is 43.4 Å². The third-order valence-corrected chi connectivity index (χ3v) is 2.74. The van der Waals surface area contributed by atoms with E-state index in [1.54, 1.807) is 17.7 Å². The maximum Gasteiger partial charge on any atom is 0.326 e. The lowest BCUT2D eigenvalue weighted by atomic mass is 10.0. The van der Waals surface area contributed by atoms with Crippen LogP contribution >= 0.6 is 0 Å². The van der Waals surface area contributed by atoms with Crippen molar-refractivity contribution in [1.82, 2.24) is 15.1 Å². The van der Waals surface area contributed by atoms with E-state index in [9.17, 15) is 9.59 Å². The molecule has 0 aromatic carbocycles. The van der Waals surface area contributed by atoms with Gasteiger partial charge in [-0.1, -0.05) is 13.8 Å². The molecule has 1 heterocycles. The number of nitrogens with one attached hydrogen (secondary N) is 1. The van der Waals surface area contributed by atoms with Crippen molar-refractivity contribution >= 4 is 11.9 Å². The summed E-state index contributed by atoms with van der Waals surface area (Å²) in [5.74, 6) is -1.21. The molecule has 1 aromatic rings. The van der Waals surface area contributed by atoms with Crippen LogP contribution in [0.15, 0.2) is 6.07 Å². The highest BCUT2D eigenvalue weighted by Gasteiger charge is 2.23. The molecule has 106 valence electrons. The first-order chi connectivity index (χ1) is 8.85. The normalized spacial score (nSPS) is 12.5. The minimum Gasteiger partial charge on any atom is -0.480 e. The van der Waals surface area contributed by atoms with Gasteiger partial charge in [0.25, 0.3) is 5.91 Å². The average Bonchev–Trinajstić information content (AvgIpc) is 2.68. The SMILES string of the molecule is CCn1nc(C)cc1C(=O)N[C@H](CC(C)C)C(=O)O. The topological polar surface area (TPSA) is 84.2 Å². The first-order valence-corrected chi connectivity index (χ1v) is 6.43. The van der Waals surface area contributed by atoms with Gasteiger partial charge in [-0.2, -0.15) is 5.10 Å². The van der Waals surface area contributed by atoms with Gasteiger partial charge in [0.05, 0.1) is 5.69 Å². The van der Waals surface area contributed by atoms with Gasteiger partial charge in [0.1, 0.15) is 11.7 Å². The Morgan fingerprint density at radius 1 is 1.47 bits per heavy atom.